The first-order chi connectivity index (χ1) is 13.7. The van der Waals surface area contributed by atoms with Crippen LogP contribution in [0, 0.1) is 0 Å². The van der Waals surface area contributed by atoms with Crippen molar-refractivity contribution in [2.45, 2.75) is 32.5 Å². The van der Waals surface area contributed by atoms with Crippen molar-refractivity contribution in [3.8, 4) is 5.75 Å². The van der Waals surface area contributed by atoms with Crippen LogP contribution in [0.5, 0.6) is 5.75 Å². The third-order valence-corrected chi connectivity index (χ3v) is 5.30. The third kappa shape index (κ3) is 4.24. The molecule has 3 aromatic rings. The molecular formula is C24H26N2O2. The summed E-state index contributed by atoms with van der Waals surface area (Å²) in [5, 5.41) is 10.7. The molecule has 0 radical (unpaired) electrons. The standard InChI is InChI=1S/C24H26N2O2/c1-2-18-5-7-19(8-6-18)16-26-12-13-28-23-10-9-20(14-22(23)17-26)24(27)21-4-3-11-25-15-21/h3-11,14-15,24,27H,2,12-13,16-17H2,1H3. The van der Waals surface area contributed by atoms with Gasteiger partial charge < -0.3 is 9.84 Å². The number of nitrogens with zero attached hydrogens (tertiary/aromatic N) is 2. The topological polar surface area (TPSA) is 45.6 Å². The maximum Gasteiger partial charge on any atom is 0.123 e. The highest BCUT2D eigenvalue weighted by Crippen LogP contribution is 2.29. The van der Waals surface area contributed by atoms with Crippen molar-refractivity contribution in [2.24, 2.45) is 0 Å². The molecule has 4 nitrogen and oxygen atoms in total. The van der Waals surface area contributed by atoms with Gasteiger partial charge in [-0.05, 0) is 41.3 Å². The first kappa shape index (κ1) is 18.7. The van der Waals surface area contributed by atoms with Crippen LogP contribution in [0.3, 0.4) is 0 Å². The minimum atomic E-state index is -0.683. The Labute approximate surface area is 166 Å². The van der Waals surface area contributed by atoms with Crippen LogP contribution in [-0.4, -0.2) is 28.1 Å². The molecule has 28 heavy (non-hydrogen) atoms. The van der Waals surface area contributed by atoms with Crippen LogP contribution in [0.2, 0.25) is 0 Å². The van der Waals surface area contributed by atoms with E-state index < -0.39 is 6.10 Å². The molecule has 0 fully saturated rings. The molecule has 4 rings (SSSR count). The lowest BCUT2D eigenvalue weighted by molar-refractivity contribution is 0.218. The van der Waals surface area contributed by atoms with Crippen molar-refractivity contribution in [1.29, 1.82) is 0 Å². The van der Waals surface area contributed by atoms with Gasteiger partial charge in [-0.3, -0.25) is 9.88 Å². The number of ether oxygens (including phenoxy) is 1. The number of hydrogen-bond donors (Lipinski definition) is 1. The molecule has 1 aliphatic rings. The van der Waals surface area contributed by atoms with Crippen LogP contribution in [0.4, 0.5) is 0 Å². The van der Waals surface area contributed by atoms with Crippen molar-refractivity contribution in [3.05, 3.63) is 94.8 Å². The van der Waals surface area contributed by atoms with Gasteiger partial charge in [0.05, 0.1) is 0 Å². The van der Waals surface area contributed by atoms with E-state index in [1.165, 1.54) is 11.1 Å². The Bertz CT molecular complexity index is 910. The lowest BCUT2D eigenvalue weighted by atomic mass is 10.00. The molecule has 4 heteroatoms. The lowest BCUT2D eigenvalue weighted by Gasteiger charge is -2.20. The monoisotopic (exact) mass is 374 g/mol. The Kier molecular flexibility index (Phi) is 5.70. The number of pyridine rings is 1. The van der Waals surface area contributed by atoms with Crippen LogP contribution in [0.1, 0.15) is 40.8 Å². The van der Waals surface area contributed by atoms with E-state index in [0.29, 0.717) is 6.61 Å². The zero-order valence-corrected chi connectivity index (χ0v) is 16.2. The second-order valence-corrected chi connectivity index (χ2v) is 7.29. The summed E-state index contributed by atoms with van der Waals surface area (Å²) in [6, 6.07) is 18.6. The van der Waals surface area contributed by atoms with Gasteiger partial charge in [-0.15, -0.1) is 0 Å². The third-order valence-electron chi connectivity index (χ3n) is 5.30. The van der Waals surface area contributed by atoms with Gasteiger partial charge in [-0.25, -0.2) is 0 Å². The lowest BCUT2D eigenvalue weighted by Crippen LogP contribution is -2.25. The van der Waals surface area contributed by atoms with E-state index in [9.17, 15) is 5.11 Å². The van der Waals surface area contributed by atoms with E-state index in [-0.39, 0.29) is 0 Å². The number of benzene rings is 2. The van der Waals surface area contributed by atoms with E-state index >= 15 is 0 Å². The maximum absolute atomic E-state index is 10.7. The van der Waals surface area contributed by atoms with Crippen molar-refractivity contribution in [2.75, 3.05) is 13.2 Å². The van der Waals surface area contributed by atoms with Gasteiger partial charge in [0.2, 0.25) is 0 Å². The Balaban J connectivity index is 1.52. The molecule has 2 aromatic carbocycles. The summed E-state index contributed by atoms with van der Waals surface area (Å²) in [6.45, 7) is 5.42. The summed E-state index contributed by atoms with van der Waals surface area (Å²) < 4.78 is 5.96. The number of hydrogen-bond acceptors (Lipinski definition) is 4. The predicted octanol–water partition coefficient (Wildman–Crippen LogP) is 4.12. The summed E-state index contributed by atoms with van der Waals surface area (Å²) in [4.78, 5) is 6.51. The van der Waals surface area contributed by atoms with Gasteiger partial charge in [-0.2, -0.15) is 0 Å². The van der Waals surface area contributed by atoms with Gasteiger partial charge >= 0.3 is 0 Å². The molecule has 1 unspecified atom stereocenters. The second kappa shape index (κ2) is 8.55. The number of rotatable bonds is 5. The average molecular weight is 374 g/mol. The average Bonchev–Trinajstić information content (AvgIpc) is 2.95. The van der Waals surface area contributed by atoms with E-state index in [1.807, 2.05) is 24.3 Å². The van der Waals surface area contributed by atoms with Gasteiger partial charge in [0.25, 0.3) is 0 Å². The molecule has 0 aliphatic carbocycles. The van der Waals surface area contributed by atoms with Crippen LogP contribution in [-0.2, 0) is 19.5 Å². The summed E-state index contributed by atoms with van der Waals surface area (Å²) in [5.41, 5.74) is 5.45. The molecule has 0 bridgehead atoms. The maximum atomic E-state index is 10.7. The molecule has 0 saturated heterocycles. The molecule has 1 atom stereocenters. The van der Waals surface area contributed by atoms with Gasteiger partial charge in [0.15, 0.2) is 0 Å². The van der Waals surface area contributed by atoms with Crippen molar-refractivity contribution >= 4 is 0 Å². The van der Waals surface area contributed by atoms with Crippen molar-refractivity contribution in [1.82, 2.24) is 9.88 Å². The van der Waals surface area contributed by atoms with Crippen LogP contribution in [0.15, 0.2) is 67.0 Å². The highest BCUT2D eigenvalue weighted by atomic mass is 16.5. The molecule has 2 heterocycles. The fourth-order valence-corrected chi connectivity index (χ4v) is 3.64. The molecule has 1 aromatic heterocycles. The van der Waals surface area contributed by atoms with E-state index in [2.05, 4.69) is 47.1 Å². The van der Waals surface area contributed by atoms with Gasteiger partial charge in [0.1, 0.15) is 18.5 Å². The Morgan fingerprint density at radius 2 is 1.89 bits per heavy atom. The molecular weight excluding hydrogens is 348 g/mol. The van der Waals surface area contributed by atoms with Crippen molar-refractivity contribution in [3.63, 3.8) is 0 Å². The molecule has 0 spiro atoms. The van der Waals surface area contributed by atoms with Crippen LogP contribution < -0.4 is 4.74 Å². The molecule has 0 amide bonds. The quantitative estimate of drug-likeness (QED) is 0.730. The van der Waals surface area contributed by atoms with E-state index in [0.717, 1.165) is 48.5 Å². The number of fused-ring (bicyclic) bond motifs is 1. The van der Waals surface area contributed by atoms with Gasteiger partial charge in [0, 0.05) is 43.2 Å². The van der Waals surface area contributed by atoms with E-state index in [1.54, 1.807) is 12.4 Å². The van der Waals surface area contributed by atoms with Gasteiger partial charge in [-0.1, -0.05) is 43.3 Å². The summed E-state index contributed by atoms with van der Waals surface area (Å²) in [7, 11) is 0. The van der Waals surface area contributed by atoms with Crippen LogP contribution in [0.25, 0.3) is 0 Å². The Morgan fingerprint density at radius 1 is 1.07 bits per heavy atom. The first-order valence-electron chi connectivity index (χ1n) is 9.86. The van der Waals surface area contributed by atoms with E-state index in [4.69, 9.17) is 4.74 Å². The number of aliphatic hydroxyl groups is 1. The highest BCUT2D eigenvalue weighted by Gasteiger charge is 2.18. The number of aromatic nitrogens is 1. The fourth-order valence-electron chi connectivity index (χ4n) is 3.64. The number of aryl methyl sites for hydroxylation is 1. The first-order valence-corrected chi connectivity index (χ1v) is 9.86. The molecule has 144 valence electrons. The minimum absolute atomic E-state index is 0.671. The normalized spacial score (nSPS) is 15.4. The SMILES string of the molecule is CCc1ccc(CN2CCOc3ccc(C(O)c4cccnc4)cc3C2)cc1. The molecule has 1 aliphatic heterocycles. The smallest absolute Gasteiger partial charge is 0.123 e. The summed E-state index contributed by atoms with van der Waals surface area (Å²) in [6.07, 6.45) is 3.80. The Hall–Kier alpha value is -2.69. The molecule has 1 N–H and O–H groups in total. The fraction of sp³-hybridized carbons (Fsp3) is 0.292. The molecule has 0 saturated carbocycles. The summed E-state index contributed by atoms with van der Waals surface area (Å²) in [5.74, 6) is 0.908. The zero-order chi connectivity index (χ0) is 19.3. The zero-order valence-electron chi connectivity index (χ0n) is 16.2. The van der Waals surface area contributed by atoms with Crippen LogP contribution >= 0.6 is 0 Å². The number of aliphatic hydroxyl groups excluding tert-OH is 1. The minimum Gasteiger partial charge on any atom is -0.492 e. The second-order valence-electron chi connectivity index (χ2n) is 7.29. The predicted molar refractivity (Wildman–Crippen MR) is 110 cm³/mol. The Morgan fingerprint density at radius 3 is 2.64 bits per heavy atom. The van der Waals surface area contributed by atoms with Crippen molar-refractivity contribution < 1.29 is 9.84 Å². The largest absolute Gasteiger partial charge is 0.492 e. The highest BCUT2D eigenvalue weighted by molar-refractivity contribution is 5.41. The summed E-state index contributed by atoms with van der Waals surface area (Å²) >= 11 is 0.